The predicted molar refractivity (Wildman–Crippen MR) is 164 cm³/mol. The summed E-state index contributed by atoms with van der Waals surface area (Å²) >= 11 is 0. The van der Waals surface area contributed by atoms with Crippen molar-refractivity contribution in [1.29, 1.82) is 0 Å². The van der Waals surface area contributed by atoms with E-state index in [0.29, 0.717) is 0 Å². The van der Waals surface area contributed by atoms with Crippen molar-refractivity contribution in [2.45, 2.75) is 187 Å². The zero-order valence-corrected chi connectivity index (χ0v) is 29.4. The van der Waals surface area contributed by atoms with Gasteiger partial charge in [-0.15, -0.1) is 0 Å². The fourth-order valence-electron chi connectivity index (χ4n) is 5.22. The number of allylic oxidation sites excluding steroid dienone is 1. The van der Waals surface area contributed by atoms with Gasteiger partial charge in [0, 0.05) is 5.92 Å². The second-order valence-electron chi connectivity index (χ2n) is 11.6. The molecule has 228 valence electrons. The average Bonchev–Trinajstić information content (AvgIpc) is 2.89. The Morgan fingerprint density at radius 3 is 1.26 bits per heavy atom. The van der Waals surface area contributed by atoms with Crippen LogP contribution in [-0.2, 0) is 14.6 Å². The average molecular weight is 581 g/mol. The Labute approximate surface area is 267 Å². The minimum atomic E-state index is -4.62. The van der Waals surface area contributed by atoms with Crippen LogP contribution in [0.2, 0.25) is 0 Å². The van der Waals surface area contributed by atoms with Crippen LogP contribution in [0.5, 0.6) is 0 Å². The Kier molecular flexibility index (Phi) is 35.4. The first-order valence-electron chi connectivity index (χ1n) is 16.8. The van der Waals surface area contributed by atoms with E-state index in [1.165, 1.54) is 154 Å². The zero-order valence-electron chi connectivity index (χ0n) is 26.6. The monoisotopic (exact) mass is 580 g/mol. The topological polar surface area (TPSA) is 66.4 Å². The largest absolute Gasteiger partial charge is 1.00 e. The van der Waals surface area contributed by atoms with Gasteiger partial charge >= 0.3 is 29.6 Å². The molecule has 0 spiro atoms. The van der Waals surface area contributed by atoms with Gasteiger partial charge in [0.1, 0.15) is 0 Å². The van der Waals surface area contributed by atoms with E-state index in [-0.39, 0.29) is 42.1 Å². The third kappa shape index (κ3) is 36.6. The molecule has 0 saturated heterocycles. The summed E-state index contributed by atoms with van der Waals surface area (Å²) in [5.74, 6) is 0.0177. The first-order chi connectivity index (χ1) is 18.5. The summed E-state index contributed by atoms with van der Waals surface area (Å²) in [6, 6.07) is 0. The van der Waals surface area contributed by atoms with Gasteiger partial charge in [0.2, 0.25) is 10.4 Å². The van der Waals surface area contributed by atoms with E-state index in [1.807, 2.05) is 0 Å². The summed E-state index contributed by atoms with van der Waals surface area (Å²) in [5.41, 5.74) is 0. The molecule has 0 bridgehead atoms. The predicted octanol–water partition coefficient (Wildman–Crippen LogP) is 8.21. The molecule has 0 radical (unpaired) electrons. The van der Waals surface area contributed by atoms with Crippen LogP contribution in [0.25, 0.3) is 0 Å². The number of hydrogen-bond acceptors (Lipinski definition) is 4. The molecule has 39 heavy (non-hydrogen) atoms. The van der Waals surface area contributed by atoms with Crippen molar-refractivity contribution in [1.82, 2.24) is 0 Å². The maximum atomic E-state index is 10.9. The van der Waals surface area contributed by atoms with Crippen LogP contribution in [0.4, 0.5) is 0 Å². The van der Waals surface area contributed by atoms with Crippen LogP contribution < -0.4 is 29.6 Å². The zero-order chi connectivity index (χ0) is 28.0. The normalized spacial score (nSPS) is 12.7. The molecule has 6 heteroatoms. The van der Waals surface area contributed by atoms with Gasteiger partial charge in [-0.1, -0.05) is 180 Å². The second-order valence-corrected chi connectivity index (χ2v) is 12.6. The maximum absolute atomic E-state index is 10.9. The Balaban J connectivity index is 0. The molecule has 0 amide bonds. The smallest absolute Gasteiger partial charge is 0.726 e. The second kappa shape index (κ2) is 33.1. The summed E-state index contributed by atoms with van der Waals surface area (Å²) < 4.78 is 37.3. The molecule has 0 aromatic rings. The van der Waals surface area contributed by atoms with E-state index in [9.17, 15) is 13.0 Å². The molecule has 0 aliphatic heterocycles. The summed E-state index contributed by atoms with van der Waals surface area (Å²) in [4.78, 5) is 0. The van der Waals surface area contributed by atoms with Crippen molar-refractivity contribution in [2.75, 3.05) is 6.61 Å². The molecule has 0 aliphatic carbocycles. The molecule has 1 atom stereocenters. The Bertz CT molecular complexity index is 595. The quantitative estimate of drug-likeness (QED) is 0.0272. The Hall–Kier alpha value is 0.610. The van der Waals surface area contributed by atoms with Gasteiger partial charge in [0.25, 0.3) is 0 Å². The van der Waals surface area contributed by atoms with E-state index in [2.05, 4.69) is 30.2 Å². The van der Waals surface area contributed by atoms with E-state index < -0.39 is 10.4 Å². The van der Waals surface area contributed by atoms with Crippen LogP contribution in [0, 0.1) is 5.92 Å². The fourth-order valence-corrected chi connectivity index (χ4v) is 5.56. The molecule has 0 fully saturated rings. The number of hydrogen-bond donors (Lipinski definition) is 0. The van der Waals surface area contributed by atoms with Gasteiger partial charge in [-0.05, 0) is 19.3 Å². The number of rotatable bonds is 31. The van der Waals surface area contributed by atoms with E-state index in [4.69, 9.17) is 0 Å². The van der Waals surface area contributed by atoms with E-state index in [0.717, 1.165) is 19.3 Å². The molecule has 0 aromatic carbocycles. The van der Waals surface area contributed by atoms with Crippen LogP contribution in [0.3, 0.4) is 0 Å². The van der Waals surface area contributed by atoms with Crippen LogP contribution in [0.1, 0.15) is 187 Å². The van der Waals surface area contributed by atoms with E-state index >= 15 is 0 Å². The molecular weight excluding hydrogens is 515 g/mol. The van der Waals surface area contributed by atoms with Crippen molar-refractivity contribution >= 4 is 10.4 Å². The summed E-state index contributed by atoms with van der Waals surface area (Å²) in [6.45, 7) is 4.51. The van der Waals surface area contributed by atoms with Crippen LogP contribution >= 0.6 is 0 Å². The Morgan fingerprint density at radius 2 is 0.897 bits per heavy atom. The molecule has 0 aliphatic rings. The molecule has 4 nitrogen and oxygen atoms in total. The van der Waals surface area contributed by atoms with Crippen LogP contribution in [-0.4, -0.2) is 19.6 Å². The van der Waals surface area contributed by atoms with Gasteiger partial charge in [0.05, 0.1) is 6.61 Å². The van der Waals surface area contributed by atoms with Gasteiger partial charge in [-0.3, -0.25) is 4.18 Å². The molecular formula is C33H65NaO4S. The SMILES string of the molecule is CCCCCCCCCCCCCCCCC/C=C/C(CCCCCCCCCCCC)COS(=O)(=O)[O-].[Na+]. The van der Waals surface area contributed by atoms with Gasteiger partial charge in [-0.2, -0.15) is 0 Å². The van der Waals surface area contributed by atoms with Gasteiger partial charge in [0.15, 0.2) is 0 Å². The van der Waals surface area contributed by atoms with Crippen molar-refractivity contribution in [3.63, 3.8) is 0 Å². The van der Waals surface area contributed by atoms with Gasteiger partial charge in [-0.25, -0.2) is 8.42 Å². The third-order valence-electron chi connectivity index (χ3n) is 7.74. The van der Waals surface area contributed by atoms with Crippen molar-refractivity contribution in [3.05, 3.63) is 12.2 Å². The van der Waals surface area contributed by atoms with Crippen molar-refractivity contribution in [3.8, 4) is 0 Å². The Morgan fingerprint density at radius 1 is 0.564 bits per heavy atom. The minimum absolute atomic E-state index is 0. The van der Waals surface area contributed by atoms with Crippen LogP contribution in [0.15, 0.2) is 12.2 Å². The van der Waals surface area contributed by atoms with E-state index in [1.54, 1.807) is 0 Å². The summed E-state index contributed by atoms with van der Waals surface area (Å²) in [5, 5.41) is 0. The molecule has 0 N–H and O–H groups in total. The molecule has 0 rings (SSSR count). The van der Waals surface area contributed by atoms with Crippen molar-refractivity contribution < 1.29 is 46.7 Å². The van der Waals surface area contributed by atoms with Gasteiger partial charge < -0.3 is 4.55 Å². The summed E-state index contributed by atoms with van der Waals surface area (Å²) in [7, 11) is -4.62. The first kappa shape index (κ1) is 41.7. The molecule has 0 saturated carbocycles. The summed E-state index contributed by atoms with van der Waals surface area (Å²) in [6.07, 6.45) is 39.5. The maximum Gasteiger partial charge on any atom is 1.00 e. The molecule has 0 aromatic heterocycles. The standard InChI is InChI=1S/C33H66O4S.Na/c1-3-5-7-9-11-13-15-16-17-18-19-20-21-23-25-27-29-31-33(32-37-38(34,35)36)30-28-26-24-22-14-12-10-8-6-4-2;/h29,31,33H,3-28,30,32H2,1-2H3,(H,34,35,36);/q;+1/p-1/b31-29+;. The first-order valence-corrected chi connectivity index (χ1v) is 18.1. The fraction of sp³-hybridized carbons (Fsp3) is 0.939. The third-order valence-corrected chi connectivity index (χ3v) is 8.16. The van der Waals surface area contributed by atoms with Crippen molar-refractivity contribution in [2.24, 2.45) is 5.92 Å². The molecule has 1 unspecified atom stereocenters. The number of unbranched alkanes of at least 4 members (excludes halogenated alkanes) is 24. The molecule has 0 heterocycles. The minimum Gasteiger partial charge on any atom is -0.726 e.